The number of carbonyl (C=O) groups excluding carboxylic acids is 1. The highest BCUT2D eigenvalue weighted by atomic mass is 32.2. The molecule has 5 heteroatoms. The standard InChI is InChI=1S/C18H16O4S/c19-14-7-5-13(6-8-14)18(23-12-15-3-1-9-21-15)11-16(20)17-4-2-10-22-17/h1-10,18-19H,11-12H2. The topological polar surface area (TPSA) is 63.6 Å². The average molecular weight is 328 g/mol. The minimum absolute atomic E-state index is 0.0416. The van der Waals surface area contributed by atoms with Crippen molar-refractivity contribution in [2.45, 2.75) is 17.4 Å². The molecule has 2 aromatic heterocycles. The molecule has 1 unspecified atom stereocenters. The van der Waals surface area contributed by atoms with Gasteiger partial charge < -0.3 is 13.9 Å². The van der Waals surface area contributed by atoms with E-state index >= 15 is 0 Å². The molecule has 0 fully saturated rings. The lowest BCUT2D eigenvalue weighted by atomic mass is 10.1. The average Bonchev–Trinajstić information content (AvgIpc) is 3.25. The van der Waals surface area contributed by atoms with Crippen LogP contribution in [0, 0.1) is 0 Å². The number of aromatic hydroxyl groups is 1. The van der Waals surface area contributed by atoms with Gasteiger partial charge in [0.15, 0.2) is 11.5 Å². The fourth-order valence-electron chi connectivity index (χ4n) is 2.25. The Hall–Kier alpha value is -2.40. The number of Topliss-reactive ketones (excluding diaryl/α,β-unsaturated/α-hetero) is 1. The molecule has 0 amide bonds. The number of thioether (sulfide) groups is 1. The van der Waals surface area contributed by atoms with Gasteiger partial charge in [-0.15, -0.1) is 11.8 Å². The van der Waals surface area contributed by atoms with E-state index in [1.807, 2.05) is 24.3 Å². The highest BCUT2D eigenvalue weighted by molar-refractivity contribution is 7.98. The summed E-state index contributed by atoms with van der Waals surface area (Å²) >= 11 is 1.63. The van der Waals surface area contributed by atoms with Crippen LogP contribution in [0.5, 0.6) is 5.75 Å². The quantitative estimate of drug-likeness (QED) is 0.630. The van der Waals surface area contributed by atoms with Crippen LogP contribution in [-0.4, -0.2) is 10.9 Å². The van der Waals surface area contributed by atoms with Gasteiger partial charge in [0, 0.05) is 11.7 Å². The molecule has 1 atom stereocenters. The maximum absolute atomic E-state index is 12.3. The van der Waals surface area contributed by atoms with Crippen molar-refractivity contribution in [1.29, 1.82) is 0 Å². The van der Waals surface area contributed by atoms with Crippen molar-refractivity contribution in [1.82, 2.24) is 0 Å². The summed E-state index contributed by atoms with van der Waals surface area (Å²) in [5.74, 6) is 2.07. The number of hydrogen-bond acceptors (Lipinski definition) is 5. The van der Waals surface area contributed by atoms with E-state index in [9.17, 15) is 9.90 Å². The highest BCUT2D eigenvalue weighted by Crippen LogP contribution is 2.36. The molecule has 1 aromatic carbocycles. The van der Waals surface area contributed by atoms with Gasteiger partial charge in [0.25, 0.3) is 0 Å². The van der Waals surface area contributed by atoms with Crippen LogP contribution in [0.4, 0.5) is 0 Å². The minimum atomic E-state index is -0.0432. The zero-order valence-electron chi connectivity index (χ0n) is 12.3. The molecule has 0 spiro atoms. The zero-order chi connectivity index (χ0) is 16.1. The number of hydrogen-bond donors (Lipinski definition) is 1. The molecule has 1 N–H and O–H groups in total. The van der Waals surface area contributed by atoms with Crippen molar-refractivity contribution < 1.29 is 18.7 Å². The normalized spacial score (nSPS) is 12.2. The number of benzene rings is 1. The summed E-state index contributed by atoms with van der Waals surface area (Å²) in [6.45, 7) is 0. The van der Waals surface area contributed by atoms with E-state index in [-0.39, 0.29) is 16.8 Å². The summed E-state index contributed by atoms with van der Waals surface area (Å²) in [5, 5.41) is 9.40. The number of phenolic OH excluding ortho intramolecular Hbond substituents is 1. The van der Waals surface area contributed by atoms with Gasteiger partial charge in [0.1, 0.15) is 11.5 Å². The van der Waals surface area contributed by atoms with Crippen LogP contribution >= 0.6 is 11.8 Å². The van der Waals surface area contributed by atoms with Crippen molar-refractivity contribution in [2.24, 2.45) is 0 Å². The molecular weight excluding hydrogens is 312 g/mol. The Kier molecular flexibility index (Phi) is 4.88. The minimum Gasteiger partial charge on any atom is -0.508 e. The lowest BCUT2D eigenvalue weighted by molar-refractivity contribution is 0.0955. The summed E-state index contributed by atoms with van der Waals surface area (Å²) in [4.78, 5) is 12.3. The predicted molar refractivity (Wildman–Crippen MR) is 88.5 cm³/mol. The Morgan fingerprint density at radius 2 is 1.78 bits per heavy atom. The number of ketones is 1. The predicted octanol–water partition coefficient (Wildman–Crippen LogP) is 4.83. The van der Waals surface area contributed by atoms with E-state index < -0.39 is 0 Å². The highest BCUT2D eigenvalue weighted by Gasteiger charge is 2.20. The molecule has 0 aliphatic rings. The molecule has 0 aliphatic carbocycles. The van der Waals surface area contributed by atoms with Gasteiger partial charge in [-0.2, -0.15) is 0 Å². The van der Waals surface area contributed by atoms with Crippen LogP contribution < -0.4 is 0 Å². The maximum Gasteiger partial charge on any atom is 0.199 e. The van der Waals surface area contributed by atoms with Gasteiger partial charge in [-0.05, 0) is 42.0 Å². The molecule has 3 aromatic rings. The Bertz CT molecular complexity index is 730. The first-order valence-corrected chi connectivity index (χ1v) is 8.27. The lowest BCUT2D eigenvalue weighted by Gasteiger charge is -2.15. The third-order valence-electron chi connectivity index (χ3n) is 3.44. The number of carbonyl (C=O) groups is 1. The summed E-state index contributed by atoms with van der Waals surface area (Å²) in [5.41, 5.74) is 0.985. The van der Waals surface area contributed by atoms with Crippen molar-refractivity contribution in [3.8, 4) is 5.75 Å². The van der Waals surface area contributed by atoms with Crippen LogP contribution in [0.1, 0.15) is 33.5 Å². The Labute approximate surface area is 138 Å². The third-order valence-corrected chi connectivity index (χ3v) is 4.73. The number of phenols is 1. The SMILES string of the molecule is O=C(CC(SCc1ccco1)c1ccc(O)cc1)c1ccco1. The van der Waals surface area contributed by atoms with Gasteiger partial charge >= 0.3 is 0 Å². The molecule has 0 bridgehead atoms. The Balaban J connectivity index is 1.74. The van der Waals surface area contributed by atoms with Crippen LogP contribution in [0.3, 0.4) is 0 Å². The fourth-order valence-corrected chi connectivity index (χ4v) is 3.39. The number of rotatable bonds is 7. The van der Waals surface area contributed by atoms with Crippen molar-refractivity contribution in [2.75, 3.05) is 0 Å². The largest absolute Gasteiger partial charge is 0.508 e. The first-order chi connectivity index (χ1) is 11.2. The lowest BCUT2D eigenvalue weighted by Crippen LogP contribution is -2.05. The smallest absolute Gasteiger partial charge is 0.199 e. The Morgan fingerprint density at radius 1 is 1.04 bits per heavy atom. The first-order valence-electron chi connectivity index (χ1n) is 7.22. The monoisotopic (exact) mass is 328 g/mol. The van der Waals surface area contributed by atoms with Crippen molar-refractivity contribution in [3.63, 3.8) is 0 Å². The maximum atomic E-state index is 12.3. The molecule has 4 nitrogen and oxygen atoms in total. The van der Waals surface area contributed by atoms with E-state index in [0.717, 1.165) is 11.3 Å². The van der Waals surface area contributed by atoms with Crippen molar-refractivity contribution in [3.05, 3.63) is 78.1 Å². The van der Waals surface area contributed by atoms with E-state index in [1.54, 1.807) is 42.3 Å². The molecule has 2 heterocycles. The third kappa shape index (κ3) is 4.07. The van der Waals surface area contributed by atoms with Crippen LogP contribution in [0.2, 0.25) is 0 Å². The molecule has 118 valence electrons. The van der Waals surface area contributed by atoms with Crippen molar-refractivity contribution >= 4 is 17.5 Å². The van der Waals surface area contributed by atoms with E-state index in [1.165, 1.54) is 6.26 Å². The molecular formula is C18H16O4S. The van der Waals surface area contributed by atoms with Gasteiger partial charge in [-0.1, -0.05) is 12.1 Å². The van der Waals surface area contributed by atoms with Crippen LogP contribution in [-0.2, 0) is 5.75 Å². The van der Waals surface area contributed by atoms with E-state index in [0.29, 0.717) is 17.9 Å². The van der Waals surface area contributed by atoms with E-state index in [4.69, 9.17) is 8.83 Å². The molecule has 0 radical (unpaired) electrons. The molecule has 0 aliphatic heterocycles. The second kappa shape index (κ2) is 7.24. The first kappa shape index (κ1) is 15.5. The zero-order valence-corrected chi connectivity index (χ0v) is 13.2. The summed E-state index contributed by atoms with van der Waals surface area (Å²) in [6, 6.07) is 14.1. The molecule has 23 heavy (non-hydrogen) atoms. The van der Waals surface area contributed by atoms with E-state index in [2.05, 4.69) is 0 Å². The van der Waals surface area contributed by atoms with Gasteiger partial charge in [-0.25, -0.2) is 0 Å². The van der Waals surface area contributed by atoms with Crippen LogP contribution in [0.25, 0.3) is 0 Å². The van der Waals surface area contributed by atoms with Gasteiger partial charge in [0.05, 0.1) is 18.3 Å². The number of furan rings is 2. The summed E-state index contributed by atoms with van der Waals surface area (Å²) in [6.07, 6.45) is 3.46. The van der Waals surface area contributed by atoms with Crippen LogP contribution in [0.15, 0.2) is 69.9 Å². The van der Waals surface area contributed by atoms with Gasteiger partial charge in [-0.3, -0.25) is 4.79 Å². The second-order valence-corrected chi connectivity index (χ2v) is 6.27. The second-order valence-electron chi connectivity index (χ2n) is 5.08. The Morgan fingerprint density at radius 3 is 2.43 bits per heavy atom. The molecule has 0 saturated carbocycles. The summed E-state index contributed by atoms with van der Waals surface area (Å²) in [7, 11) is 0. The molecule has 3 rings (SSSR count). The summed E-state index contributed by atoms with van der Waals surface area (Å²) < 4.78 is 10.5. The fraction of sp³-hybridized carbons (Fsp3) is 0.167. The molecule has 0 saturated heterocycles. The van der Waals surface area contributed by atoms with Gasteiger partial charge in [0.2, 0.25) is 0 Å².